The van der Waals surface area contributed by atoms with Gasteiger partial charge in [0.15, 0.2) is 5.78 Å². The molecule has 0 bridgehead atoms. The van der Waals surface area contributed by atoms with Gasteiger partial charge < -0.3 is 10.1 Å². The highest BCUT2D eigenvalue weighted by Gasteiger charge is 2.38. The summed E-state index contributed by atoms with van der Waals surface area (Å²) in [5, 5.41) is 8.35. The minimum Gasteiger partial charge on any atom is -0.468 e. The fourth-order valence-electron chi connectivity index (χ4n) is 3.57. The Morgan fingerprint density at radius 3 is 2.85 bits per heavy atom. The number of thioether (sulfide) groups is 1. The number of ether oxygens (including phenoxy) is 1. The van der Waals surface area contributed by atoms with Gasteiger partial charge in [0.25, 0.3) is 0 Å². The number of methoxy groups -OCH3 is 1. The van der Waals surface area contributed by atoms with Crippen molar-refractivity contribution >= 4 is 29.5 Å². The largest absolute Gasteiger partial charge is 0.468 e. The van der Waals surface area contributed by atoms with Crippen LogP contribution in [-0.2, 0) is 14.3 Å². The molecule has 1 N–H and O–H groups in total. The number of fused-ring (bicyclic) bond motifs is 1. The van der Waals surface area contributed by atoms with Crippen molar-refractivity contribution in [3.05, 3.63) is 47.2 Å². The molecular formula is C19H20N4O3S. The fraction of sp³-hybridized carbons (Fsp3) is 0.368. The van der Waals surface area contributed by atoms with Crippen LogP contribution in [0.5, 0.6) is 0 Å². The maximum Gasteiger partial charge on any atom is 0.316 e. The number of hydrogen-bond donors (Lipinski definition) is 1. The molecule has 140 valence electrons. The van der Waals surface area contributed by atoms with Crippen LogP contribution < -0.4 is 5.32 Å². The number of esters is 1. The number of hydrogen-bond acceptors (Lipinski definition) is 7. The van der Waals surface area contributed by atoms with Gasteiger partial charge in [-0.3, -0.25) is 9.59 Å². The highest BCUT2D eigenvalue weighted by Crippen LogP contribution is 2.41. The van der Waals surface area contributed by atoms with Gasteiger partial charge in [0.1, 0.15) is 6.04 Å². The number of carbonyl (C=O) groups is 2. The van der Waals surface area contributed by atoms with E-state index in [-0.39, 0.29) is 23.5 Å². The number of allylic oxidation sites excluding steroid dienone is 2. The highest BCUT2D eigenvalue weighted by atomic mass is 32.2. The van der Waals surface area contributed by atoms with Crippen LogP contribution in [-0.4, -0.2) is 39.4 Å². The lowest BCUT2D eigenvalue weighted by Crippen LogP contribution is -2.33. The third-order valence-electron chi connectivity index (χ3n) is 4.77. The summed E-state index contributed by atoms with van der Waals surface area (Å²) in [6.07, 6.45) is 1.35. The average molecular weight is 384 g/mol. The van der Waals surface area contributed by atoms with Crippen LogP contribution in [0.15, 0.2) is 46.8 Å². The number of nitrogens with zero attached hydrogens (tertiary/aromatic N) is 3. The maximum absolute atomic E-state index is 12.9. The van der Waals surface area contributed by atoms with Crippen LogP contribution in [0.1, 0.15) is 31.4 Å². The Labute approximate surface area is 161 Å². The van der Waals surface area contributed by atoms with Crippen LogP contribution in [0.4, 0.5) is 5.95 Å². The van der Waals surface area contributed by atoms with Gasteiger partial charge in [0, 0.05) is 17.7 Å². The Kier molecular flexibility index (Phi) is 4.73. The van der Waals surface area contributed by atoms with Gasteiger partial charge in [-0.15, -0.1) is 5.10 Å². The molecule has 27 heavy (non-hydrogen) atoms. The third kappa shape index (κ3) is 3.37. The van der Waals surface area contributed by atoms with E-state index in [9.17, 15) is 9.59 Å². The molecule has 2 heterocycles. The molecule has 2 atom stereocenters. The van der Waals surface area contributed by atoms with Crippen molar-refractivity contribution < 1.29 is 14.3 Å². The molecule has 0 fully saturated rings. The number of aromatic nitrogens is 3. The van der Waals surface area contributed by atoms with Gasteiger partial charge in [-0.25, -0.2) is 4.68 Å². The zero-order valence-electron chi connectivity index (χ0n) is 15.1. The van der Waals surface area contributed by atoms with E-state index in [1.165, 1.54) is 18.9 Å². The Balaban J connectivity index is 1.75. The van der Waals surface area contributed by atoms with E-state index in [1.807, 2.05) is 30.3 Å². The van der Waals surface area contributed by atoms with Gasteiger partial charge in [-0.2, -0.15) is 4.98 Å². The first-order chi connectivity index (χ1) is 13.1. The van der Waals surface area contributed by atoms with Crippen molar-refractivity contribution in [1.82, 2.24) is 14.8 Å². The lowest BCUT2D eigenvalue weighted by Gasteiger charge is -2.34. The quantitative estimate of drug-likeness (QED) is 0.641. The standard InChI is InChI=1S/C19H20N4O3S/c1-11-8-13-16(14(24)9-11)17(12-6-4-3-5-7-12)23-18(20-13)21-19(22-23)27-10-15(25)26-2/h3-7,11,17H,8-10H2,1-2H3,(H,20,21,22)/t11-,17+/m1/s1. The summed E-state index contributed by atoms with van der Waals surface area (Å²) in [6, 6.07) is 9.55. The number of ketones is 1. The number of Topliss-reactive ketones (excluding diaryl/α,β-unsaturated/α-hetero) is 1. The Hall–Kier alpha value is -2.61. The van der Waals surface area contributed by atoms with E-state index in [0.717, 1.165) is 23.3 Å². The molecule has 1 aliphatic heterocycles. The molecule has 2 aromatic rings. The van der Waals surface area contributed by atoms with Gasteiger partial charge in [0.05, 0.1) is 12.9 Å². The third-order valence-corrected chi connectivity index (χ3v) is 5.58. The van der Waals surface area contributed by atoms with E-state index in [2.05, 4.69) is 27.1 Å². The molecule has 0 spiro atoms. The van der Waals surface area contributed by atoms with Crippen molar-refractivity contribution in [3.63, 3.8) is 0 Å². The predicted molar refractivity (Wildman–Crippen MR) is 101 cm³/mol. The molecule has 0 amide bonds. The molecule has 8 heteroatoms. The molecule has 0 saturated carbocycles. The number of benzene rings is 1. The van der Waals surface area contributed by atoms with Crippen LogP contribution in [0.25, 0.3) is 0 Å². The van der Waals surface area contributed by atoms with Crippen LogP contribution in [0.2, 0.25) is 0 Å². The van der Waals surface area contributed by atoms with Gasteiger partial charge in [-0.1, -0.05) is 49.0 Å². The van der Waals surface area contributed by atoms with Gasteiger partial charge >= 0.3 is 5.97 Å². The van der Waals surface area contributed by atoms with Crippen LogP contribution >= 0.6 is 11.8 Å². The number of carbonyl (C=O) groups excluding carboxylic acids is 2. The van der Waals surface area contributed by atoms with E-state index in [0.29, 0.717) is 23.4 Å². The maximum atomic E-state index is 12.9. The van der Waals surface area contributed by atoms with Crippen LogP contribution in [0, 0.1) is 5.92 Å². The molecule has 0 radical (unpaired) electrons. The summed E-state index contributed by atoms with van der Waals surface area (Å²) in [5.74, 6) is 0.843. The van der Waals surface area contributed by atoms with Gasteiger partial charge in [0.2, 0.25) is 11.1 Å². The normalized spacial score (nSPS) is 21.3. The average Bonchev–Trinajstić information content (AvgIpc) is 3.07. The molecule has 1 aromatic carbocycles. The Morgan fingerprint density at radius 2 is 2.11 bits per heavy atom. The first-order valence-corrected chi connectivity index (χ1v) is 9.79. The lowest BCUT2D eigenvalue weighted by molar-refractivity contribution is -0.137. The molecule has 1 aromatic heterocycles. The Morgan fingerprint density at radius 1 is 1.33 bits per heavy atom. The summed E-state index contributed by atoms with van der Waals surface area (Å²) >= 11 is 1.22. The summed E-state index contributed by atoms with van der Waals surface area (Å²) in [5.41, 5.74) is 2.68. The smallest absolute Gasteiger partial charge is 0.316 e. The second-order valence-corrected chi connectivity index (χ2v) is 7.74. The molecule has 0 saturated heterocycles. The lowest BCUT2D eigenvalue weighted by atomic mass is 9.81. The van der Waals surface area contributed by atoms with E-state index in [4.69, 9.17) is 0 Å². The monoisotopic (exact) mass is 384 g/mol. The predicted octanol–water partition coefficient (Wildman–Crippen LogP) is 2.81. The first kappa shape index (κ1) is 17.8. The molecule has 0 unspecified atom stereocenters. The first-order valence-electron chi connectivity index (χ1n) is 8.81. The number of rotatable bonds is 4. The zero-order valence-corrected chi connectivity index (χ0v) is 16.0. The van der Waals surface area contributed by atoms with Crippen LogP contribution in [0.3, 0.4) is 0 Å². The van der Waals surface area contributed by atoms with Crippen molar-refractivity contribution in [2.75, 3.05) is 18.2 Å². The molecule has 1 aliphatic carbocycles. The summed E-state index contributed by atoms with van der Waals surface area (Å²) in [4.78, 5) is 28.8. The summed E-state index contributed by atoms with van der Waals surface area (Å²) < 4.78 is 6.43. The minimum absolute atomic E-state index is 0.138. The molecule has 7 nitrogen and oxygen atoms in total. The van der Waals surface area contributed by atoms with Crippen molar-refractivity contribution in [1.29, 1.82) is 0 Å². The van der Waals surface area contributed by atoms with Crippen molar-refractivity contribution in [2.45, 2.75) is 31.0 Å². The minimum atomic E-state index is -0.332. The fourth-order valence-corrected chi connectivity index (χ4v) is 4.24. The summed E-state index contributed by atoms with van der Waals surface area (Å²) in [6.45, 7) is 2.08. The topological polar surface area (TPSA) is 86.1 Å². The second-order valence-electron chi connectivity index (χ2n) is 6.79. The molecular weight excluding hydrogens is 364 g/mol. The SMILES string of the molecule is COC(=O)CSc1nc2n(n1)[C@@H](c1ccccc1)C1=C(C[C@@H](C)CC1=O)N2. The number of anilines is 1. The van der Waals surface area contributed by atoms with E-state index < -0.39 is 0 Å². The highest BCUT2D eigenvalue weighted by molar-refractivity contribution is 7.99. The summed E-state index contributed by atoms with van der Waals surface area (Å²) in [7, 11) is 1.35. The second kappa shape index (κ2) is 7.19. The molecule has 2 aliphatic rings. The molecule has 4 rings (SSSR count). The van der Waals surface area contributed by atoms with E-state index >= 15 is 0 Å². The Bertz CT molecular complexity index is 922. The van der Waals surface area contributed by atoms with Gasteiger partial charge in [-0.05, 0) is 17.9 Å². The van der Waals surface area contributed by atoms with Crippen molar-refractivity contribution in [2.24, 2.45) is 5.92 Å². The van der Waals surface area contributed by atoms with E-state index in [1.54, 1.807) is 4.68 Å². The van der Waals surface area contributed by atoms with Crippen molar-refractivity contribution in [3.8, 4) is 0 Å². The zero-order chi connectivity index (χ0) is 19.0. The number of nitrogens with one attached hydrogen (secondary N) is 1.